The fourth-order valence-electron chi connectivity index (χ4n) is 4.30. The Morgan fingerprint density at radius 1 is 0.931 bits per heavy atom. The first-order valence-electron chi connectivity index (χ1n) is 10.2. The minimum Gasteiger partial charge on any atom is -0.449 e. The van der Waals surface area contributed by atoms with Crippen molar-refractivity contribution < 1.29 is 19.4 Å². The van der Waals surface area contributed by atoms with Crippen molar-refractivity contribution >= 4 is 12.0 Å². The van der Waals surface area contributed by atoms with Gasteiger partial charge in [-0.2, -0.15) is 0 Å². The lowest BCUT2D eigenvalue weighted by Gasteiger charge is -2.26. The molecule has 2 aromatic carbocycles. The van der Waals surface area contributed by atoms with Gasteiger partial charge in [-0.25, -0.2) is 4.79 Å². The molecule has 0 saturated heterocycles. The van der Waals surface area contributed by atoms with E-state index in [2.05, 4.69) is 34.9 Å². The summed E-state index contributed by atoms with van der Waals surface area (Å²) in [5, 5.41) is 15.0. The average Bonchev–Trinajstić information content (AvgIpc) is 3.06. The van der Waals surface area contributed by atoms with Crippen molar-refractivity contribution in [3.8, 4) is 11.1 Å². The van der Waals surface area contributed by atoms with Crippen LogP contribution in [-0.2, 0) is 9.53 Å². The van der Waals surface area contributed by atoms with Gasteiger partial charge in [0.25, 0.3) is 0 Å². The molecule has 0 aromatic heterocycles. The molecule has 0 radical (unpaired) electrons. The number of amides is 2. The zero-order valence-electron chi connectivity index (χ0n) is 16.3. The van der Waals surface area contributed by atoms with Crippen LogP contribution in [0, 0.1) is 0 Å². The van der Waals surface area contributed by atoms with E-state index >= 15 is 0 Å². The second-order valence-electron chi connectivity index (χ2n) is 7.75. The fraction of sp³-hybridized carbons (Fsp3) is 0.391. The standard InChI is InChI=1S/C23H26N2O4/c26-16-11-9-15(10-12-16)25-22(27)13-24-23(28)29-14-21-19-7-3-1-5-17(19)18-6-2-4-8-20(18)21/h1-8,15-16,21,26H,9-14H2,(H,24,28)(H,25,27). The third-order valence-electron chi connectivity index (χ3n) is 5.80. The fourth-order valence-corrected chi connectivity index (χ4v) is 4.30. The van der Waals surface area contributed by atoms with Gasteiger partial charge in [0.15, 0.2) is 0 Å². The molecule has 6 nitrogen and oxygen atoms in total. The maximum absolute atomic E-state index is 12.1. The molecule has 1 saturated carbocycles. The molecular formula is C23H26N2O4. The van der Waals surface area contributed by atoms with Crippen molar-refractivity contribution in [1.82, 2.24) is 10.6 Å². The maximum atomic E-state index is 12.1. The van der Waals surface area contributed by atoms with Gasteiger partial charge >= 0.3 is 6.09 Å². The number of carbonyl (C=O) groups excluding carboxylic acids is 2. The van der Waals surface area contributed by atoms with Crippen LogP contribution in [0.15, 0.2) is 48.5 Å². The van der Waals surface area contributed by atoms with Crippen molar-refractivity contribution in [3.63, 3.8) is 0 Å². The summed E-state index contributed by atoms with van der Waals surface area (Å²) in [5.74, 6) is -0.240. The second-order valence-corrected chi connectivity index (χ2v) is 7.75. The molecule has 0 atom stereocenters. The first-order valence-corrected chi connectivity index (χ1v) is 10.2. The van der Waals surface area contributed by atoms with Crippen molar-refractivity contribution in [2.24, 2.45) is 0 Å². The van der Waals surface area contributed by atoms with E-state index in [1.165, 1.54) is 11.1 Å². The number of benzene rings is 2. The lowest BCUT2D eigenvalue weighted by Crippen LogP contribution is -2.44. The SMILES string of the molecule is O=C(CNC(=O)OCC1c2ccccc2-c2ccccc21)NC1CCC(O)CC1. The number of nitrogens with one attached hydrogen (secondary N) is 2. The Hall–Kier alpha value is -2.86. The lowest BCUT2D eigenvalue weighted by atomic mass is 9.93. The molecule has 152 valence electrons. The molecule has 0 aliphatic heterocycles. The Kier molecular flexibility index (Phi) is 5.81. The van der Waals surface area contributed by atoms with Gasteiger partial charge in [-0.3, -0.25) is 4.79 Å². The normalized spacial score (nSPS) is 20.4. The van der Waals surface area contributed by atoms with Crippen LogP contribution in [0.4, 0.5) is 4.79 Å². The van der Waals surface area contributed by atoms with Gasteiger partial charge in [-0.1, -0.05) is 48.5 Å². The number of rotatable bonds is 5. The molecule has 2 aliphatic carbocycles. The zero-order valence-corrected chi connectivity index (χ0v) is 16.3. The van der Waals surface area contributed by atoms with Crippen molar-refractivity contribution in [2.75, 3.05) is 13.2 Å². The van der Waals surface area contributed by atoms with E-state index in [1.54, 1.807) is 0 Å². The third kappa shape index (κ3) is 4.43. The van der Waals surface area contributed by atoms with E-state index in [0.29, 0.717) is 12.8 Å². The molecule has 3 N–H and O–H groups in total. The van der Waals surface area contributed by atoms with Gasteiger partial charge < -0.3 is 20.5 Å². The van der Waals surface area contributed by atoms with Crippen molar-refractivity contribution in [2.45, 2.75) is 43.7 Å². The van der Waals surface area contributed by atoms with Gasteiger partial charge in [0.2, 0.25) is 5.91 Å². The van der Waals surface area contributed by atoms with Crippen LogP contribution in [0.25, 0.3) is 11.1 Å². The van der Waals surface area contributed by atoms with Crippen LogP contribution >= 0.6 is 0 Å². The minimum absolute atomic E-state index is 0.00403. The van der Waals surface area contributed by atoms with Gasteiger partial charge in [0, 0.05) is 12.0 Å². The Morgan fingerprint density at radius 3 is 2.14 bits per heavy atom. The summed E-state index contributed by atoms with van der Waals surface area (Å²) in [5.41, 5.74) is 4.65. The van der Waals surface area contributed by atoms with Gasteiger partial charge in [0.1, 0.15) is 13.2 Å². The molecule has 4 rings (SSSR count). The molecule has 2 aromatic rings. The molecule has 0 heterocycles. The van der Waals surface area contributed by atoms with Crippen molar-refractivity contribution in [3.05, 3.63) is 59.7 Å². The summed E-state index contributed by atoms with van der Waals surface area (Å²) < 4.78 is 5.43. The molecule has 0 bridgehead atoms. The van der Waals surface area contributed by atoms with Gasteiger partial charge in [-0.05, 0) is 47.9 Å². The number of alkyl carbamates (subject to hydrolysis) is 1. The Bertz CT molecular complexity index is 844. The summed E-state index contributed by atoms with van der Waals surface area (Å²) in [6.07, 6.45) is 2.06. The van der Waals surface area contributed by atoms with Gasteiger partial charge in [0.05, 0.1) is 6.10 Å². The molecule has 2 aliphatic rings. The third-order valence-corrected chi connectivity index (χ3v) is 5.80. The van der Waals surface area contributed by atoms with E-state index < -0.39 is 6.09 Å². The number of fused-ring (bicyclic) bond motifs is 3. The highest BCUT2D eigenvalue weighted by atomic mass is 16.5. The van der Waals surface area contributed by atoms with Crippen molar-refractivity contribution in [1.29, 1.82) is 0 Å². The molecular weight excluding hydrogens is 368 g/mol. The van der Waals surface area contributed by atoms with Crippen LogP contribution in [0.3, 0.4) is 0 Å². The highest BCUT2D eigenvalue weighted by Crippen LogP contribution is 2.44. The molecule has 0 unspecified atom stereocenters. The molecule has 29 heavy (non-hydrogen) atoms. The highest BCUT2D eigenvalue weighted by molar-refractivity contribution is 5.82. The first-order chi connectivity index (χ1) is 14.1. The molecule has 6 heteroatoms. The summed E-state index contributed by atoms with van der Waals surface area (Å²) in [7, 11) is 0. The average molecular weight is 394 g/mol. The summed E-state index contributed by atoms with van der Waals surface area (Å²) in [4.78, 5) is 24.2. The second kappa shape index (κ2) is 8.66. The van der Waals surface area contributed by atoms with Crippen LogP contribution in [0.1, 0.15) is 42.7 Å². The summed E-state index contributed by atoms with van der Waals surface area (Å²) >= 11 is 0. The van der Waals surface area contributed by atoms with E-state index in [0.717, 1.165) is 24.0 Å². The Balaban J connectivity index is 1.27. The number of ether oxygens (including phenoxy) is 1. The maximum Gasteiger partial charge on any atom is 0.407 e. The number of hydrogen-bond acceptors (Lipinski definition) is 4. The highest BCUT2D eigenvalue weighted by Gasteiger charge is 2.29. The van der Waals surface area contributed by atoms with Gasteiger partial charge in [-0.15, -0.1) is 0 Å². The van der Waals surface area contributed by atoms with Crippen LogP contribution < -0.4 is 10.6 Å². The monoisotopic (exact) mass is 394 g/mol. The quantitative estimate of drug-likeness (QED) is 0.728. The predicted molar refractivity (Wildman–Crippen MR) is 109 cm³/mol. The minimum atomic E-state index is -0.596. The molecule has 2 amide bonds. The largest absolute Gasteiger partial charge is 0.449 e. The van der Waals surface area contributed by atoms with E-state index in [4.69, 9.17) is 4.74 Å². The van der Waals surface area contributed by atoms with Crippen LogP contribution in [-0.4, -0.2) is 42.4 Å². The van der Waals surface area contributed by atoms with Crippen LogP contribution in [0.5, 0.6) is 0 Å². The summed E-state index contributed by atoms with van der Waals surface area (Å²) in [6, 6.07) is 16.4. The first kappa shape index (κ1) is 19.5. The Labute approximate surface area is 170 Å². The zero-order chi connectivity index (χ0) is 20.2. The number of aliphatic hydroxyl groups is 1. The number of carbonyl (C=O) groups is 2. The number of hydrogen-bond donors (Lipinski definition) is 3. The lowest BCUT2D eigenvalue weighted by molar-refractivity contribution is -0.121. The smallest absolute Gasteiger partial charge is 0.407 e. The Morgan fingerprint density at radius 2 is 1.52 bits per heavy atom. The predicted octanol–water partition coefficient (Wildman–Crippen LogP) is 2.94. The molecule has 0 spiro atoms. The van der Waals surface area contributed by atoms with Crippen LogP contribution in [0.2, 0.25) is 0 Å². The van der Waals surface area contributed by atoms with E-state index in [9.17, 15) is 14.7 Å². The summed E-state index contributed by atoms with van der Waals surface area (Å²) in [6.45, 7) is 0.109. The van der Waals surface area contributed by atoms with E-state index in [-0.39, 0.29) is 37.1 Å². The van der Waals surface area contributed by atoms with E-state index in [1.807, 2.05) is 24.3 Å². The topological polar surface area (TPSA) is 87.7 Å². The molecule has 1 fully saturated rings. The number of aliphatic hydroxyl groups excluding tert-OH is 1.